The summed E-state index contributed by atoms with van der Waals surface area (Å²) in [5.74, 6) is 0.570. The van der Waals surface area contributed by atoms with Gasteiger partial charge in [-0.2, -0.15) is 0 Å². The summed E-state index contributed by atoms with van der Waals surface area (Å²) in [6, 6.07) is 0.378. The maximum absolute atomic E-state index is 12.4. The average molecular weight is 274 g/mol. The van der Waals surface area contributed by atoms with Gasteiger partial charge in [-0.25, -0.2) is 8.42 Å². The van der Waals surface area contributed by atoms with Crippen LogP contribution in [0.4, 0.5) is 0 Å². The van der Waals surface area contributed by atoms with E-state index >= 15 is 0 Å². The Morgan fingerprint density at radius 3 is 2.78 bits per heavy atom. The van der Waals surface area contributed by atoms with Crippen molar-refractivity contribution in [1.29, 1.82) is 0 Å². The lowest BCUT2D eigenvalue weighted by atomic mass is 9.92. The molecule has 2 aliphatic heterocycles. The van der Waals surface area contributed by atoms with E-state index in [0.29, 0.717) is 25.6 Å². The lowest BCUT2D eigenvalue weighted by molar-refractivity contribution is -0.136. The van der Waals surface area contributed by atoms with Crippen LogP contribution in [0.15, 0.2) is 0 Å². The highest BCUT2D eigenvalue weighted by Crippen LogP contribution is 2.20. The molecule has 2 unspecified atom stereocenters. The zero-order valence-corrected chi connectivity index (χ0v) is 11.7. The van der Waals surface area contributed by atoms with E-state index < -0.39 is 9.84 Å². The van der Waals surface area contributed by atoms with Crippen molar-refractivity contribution >= 4 is 15.7 Å². The van der Waals surface area contributed by atoms with Crippen LogP contribution >= 0.6 is 0 Å². The molecule has 2 heterocycles. The number of rotatable bonds is 1. The molecule has 2 aliphatic rings. The molecule has 18 heavy (non-hydrogen) atoms. The van der Waals surface area contributed by atoms with Crippen molar-refractivity contribution in [2.45, 2.75) is 32.2 Å². The number of amides is 1. The van der Waals surface area contributed by atoms with E-state index in [-0.39, 0.29) is 23.3 Å². The van der Waals surface area contributed by atoms with Gasteiger partial charge in [0.15, 0.2) is 9.84 Å². The Labute approximate surface area is 109 Å². The van der Waals surface area contributed by atoms with Crippen LogP contribution in [0.3, 0.4) is 0 Å². The number of sulfone groups is 1. The molecule has 1 N–H and O–H groups in total. The van der Waals surface area contributed by atoms with Gasteiger partial charge in [0.25, 0.3) is 0 Å². The first-order valence-electron chi connectivity index (χ1n) is 6.70. The van der Waals surface area contributed by atoms with E-state index in [0.717, 1.165) is 19.4 Å². The molecule has 0 spiro atoms. The monoisotopic (exact) mass is 274 g/mol. The van der Waals surface area contributed by atoms with Gasteiger partial charge in [-0.15, -0.1) is 0 Å². The third-order valence-corrected chi connectivity index (χ3v) is 5.56. The first kappa shape index (κ1) is 13.8. The summed E-state index contributed by atoms with van der Waals surface area (Å²) in [4.78, 5) is 14.1. The summed E-state index contributed by atoms with van der Waals surface area (Å²) < 4.78 is 23.0. The molecule has 6 heteroatoms. The van der Waals surface area contributed by atoms with Crippen LogP contribution in [-0.2, 0) is 14.6 Å². The Balaban J connectivity index is 1.96. The number of hydrogen-bond donors (Lipinski definition) is 1. The Kier molecular flexibility index (Phi) is 4.27. The van der Waals surface area contributed by atoms with Gasteiger partial charge in [0.1, 0.15) is 0 Å². The first-order valence-corrected chi connectivity index (χ1v) is 8.53. The molecule has 0 radical (unpaired) electrons. The highest BCUT2D eigenvalue weighted by atomic mass is 32.2. The van der Waals surface area contributed by atoms with Gasteiger partial charge in [-0.05, 0) is 32.7 Å². The van der Waals surface area contributed by atoms with Gasteiger partial charge >= 0.3 is 0 Å². The standard InChI is InChI=1S/C12H22N2O3S/c1-10-9-11(3-4-13-10)12(15)14-5-2-7-18(16,17)8-6-14/h10-11,13H,2-9H2,1H3. The maximum atomic E-state index is 12.4. The van der Waals surface area contributed by atoms with E-state index in [9.17, 15) is 13.2 Å². The molecule has 5 nitrogen and oxygen atoms in total. The van der Waals surface area contributed by atoms with E-state index in [1.165, 1.54) is 0 Å². The average Bonchev–Trinajstić information content (AvgIpc) is 2.49. The maximum Gasteiger partial charge on any atom is 0.225 e. The zero-order chi connectivity index (χ0) is 13.2. The molecular weight excluding hydrogens is 252 g/mol. The van der Waals surface area contributed by atoms with Gasteiger partial charge in [0.2, 0.25) is 5.91 Å². The largest absolute Gasteiger partial charge is 0.341 e. The van der Waals surface area contributed by atoms with Crippen LogP contribution in [-0.4, -0.2) is 56.4 Å². The molecule has 0 aromatic carbocycles. The van der Waals surface area contributed by atoms with E-state index in [4.69, 9.17) is 0 Å². The van der Waals surface area contributed by atoms with Crippen molar-refractivity contribution in [3.8, 4) is 0 Å². The van der Waals surface area contributed by atoms with E-state index in [1.54, 1.807) is 4.90 Å². The van der Waals surface area contributed by atoms with Crippen LogP contribution in [0.5, 0.6) is 0 Å². The third-order valence-electron chi connectivity index (χ3n) is 3.84. The Bertz CT molecular complexity index is 408. The van der Waals surface area contributed by atoms with Crippen molar-refractivity contribution in [3.05, 3.63) is 0 Å². The molecule has 0 aliphatic carbocycles. The first-order chi connectivity index (χ1) is 8.48. The van der Waals surface area contributed by atoms with Crippen molar-refractivity contribution in [2.75, 3.05) is 31.1 Å². The summed E-state index contributed by atoms with van der Waals surface area (Å²) in [5, 5.41) is 3.33. The molecule has 104 valence electrons. The molecule has 1 amide bonds. The summed E-state index contributed by atoms with van der Waals surface area (Å²) in [6.07, 6.45) is 2.31. The predicted molar refractivity (Wildman–Crippen MR) is 70.0 cm³/mol. The summed E-state index contributed by atoms with van der Waals surface area (Å²) in [5.41, 5.74) is 0. The van der Waals surface area contributed by atoms with Gasteiger partial charge < -0.3 is 10.2 Å². The second-order valence-electron chi connectivity index (χ2n) is 5.41. The second kappa shape index (κ2) is 5.57. The fraction of sp³-hybridized carbons (Fsp3) is 0.917. The van der Waals surface area contributed by atoms with E-state index in [2.05, 4.69) is 12.2 Å². The SMILES string of the molecule is CC1CC(C(=O)N2CCCS(=O)(=O)CC2)CCN1. The summed E-state index contributed by atoms with van der Waals surface area (Å²) in [6.45, 7) is 3.94. The van der Waals surface area contributed by atoms with Crippen LogP contribution in [0.2, 0.25) is 0 Å². The number of hydrogen-bond acceptors (Lipinski definition) is 4. The number of carbonyl (C=O) groups is 1. The van der Waals surface area contributed by atoms with Crippen LogP contribution < -0.4 is 5.32 Å². The molecule has 2 fully saturated rings. The minimum absolute atomic E-state index is 0.0713. The Morgan fingerprint density at radius 2 is 2.06 bits per heavy atom. The van der Waals surface area contributed by atoms with Gasteiger partial charge in [-0.3, -0.25) is 4.79 Å². The van der Waals surface area contributed by atoms with Gasteiger partial charge in [0, 0.05) is 25.0 Å². The lowest BCUT2D eigenvalue weighted by Crippen LogP contribution is -2.45. The molecule has 2 atom stereocenters. The Hall–Kier alpha value is -0.620. The predicted octanol–water partition coefficient (Wildman–Crippen LogP) is 0.0216. The van der Waals surface area contributed by atoms with Crippen molar-refractivity contribution in [3.63, 3.8) is 0 Å². The van der Waals surface area contributed by atoms with Gasteiger partial charge in [-0.1, -0.05) is 0 Å². The van der Waals surface area contributed by atoms with Crippen LogP contribution in [0, 0.1) is 5.92 Å². The number of piperidine rings is 1. The third kappa shape index (κ3) is 3.45. The smallest absolute Gasteiger partial charge is 0.225 e. The molecular formula is C12H22N2O3S. The molecule has 0 aromatic heterocycles. The lowest BCUT2D eigenvalue weighted by Gasteiger charge is -2.31. The van der Waals surface area contributed by atoms with E-state index in [1.807, 2.05) is 0 Å². The minimum Gasteiger partial charge on any atom is -0.341 e. The summed E-state index contributed by atoms with van der Waals surface area (Å²) in [7, 11) is -2.93. The molecule has 0 saturated carbocycles. The summed E-state index contributed by atoms with van der Waals surface area (Å²) >= 11 is 0. The highest BCUT2D eigenvalue weighted by molar-refractivity contribution is 7.91. The zero-order valence-electron chi connectivity index (χ0n) is 10.9. The van der Waals surface area contributed by atoms with Crippen LogP contribution in [0.1, 0.15) is 26.2 Å². The minimum atomic E-state index is -2.93. The fourth-order valence-corrected chi connectivity index (χ4v) is 4.04. The van der Waals surface area contributed by atoms with Crippen molar-refractivity contribution in [1.82, 2.24) is 10.2 Å². The molecule has 2 saturated heterocycles. The normalized spacial score (nSPS) is 32.8. The Morgan fingerprint density at radius 1 is 1.28 bits per heavy atom. The van der Waals surface area contributed by atoms with Crippen LogP contribution in [0.25, 0.3) is 0 Å². The molecule has 0 aromatic rings. The molecule has 2 rings (SSSR count). The van der Waals surface area contributed by atoms with Crippen molar-refractivity contribution in [2.24, 2.45) is 5.92 Å². The highest BCUT2D eigenvalue weighted by Gasteiger charge is 2.30. The van der Waals surface area contributed by atoms with Crippen molar-refractivity contribution < 1.29 is 13.2 Å². The number of nitrogens with one attached hydrogen (secondary N) is 1. The quantitative estimate of drug-likeness (QED) is 0.732. The topological polar surface area (TPSA) is 66.5 Å². The molecule has 0 bridgehead atoms. The van der Waals surface area contributed by atoms with Gasteiger partial charge in [0.05, 0.1) is 11.5 Å². The second-order valence-corrected chi connectivity index (χ2v) is 7.71. The fourth-order valence-electron chi connectivity index (χ4n) is 2.77. The number of carbonyl (C=O) groups excluding carboxylic acids is 1. The number of nitrogens with zero attached hydrogens (tertiary/aromatic N) is 1.